The number of hydrogen-bond donors (Lipinski definition) is 0. The van der Waals surface area contributed by atoms with Crippen molar-refractivity contribution in [1.82, 2.24) is 19.9 Å². The minimum absolute atomic E-state index is 0.0632. The largest absolute Gasteiger partial charge is 0.395 e. The second-order valence-corrected chi connectivity index (χ2v) is 12.1. The van der Waals surface area contributed by atoms with E-state index < -0.39 is 5.79 Å². The highest BCUT2D eigenvalue weighted by Gasteiger charge is 2.34. The molecule has 266 valence electrons. The molecule has 0 saturated carbocycles. The molecular formula is C40H46N6O5. The Morgan fingerprint density at radius 3 is 1.59 bits per heavy atom. The van der Waals surface area contributed by atoms with E-state index in [9.17, 15) is 4.79 Å². The second-order valence-electron chi connectivity index (χ2n) is 12.1. The van der Waals surface area contributed by atoms with Crippen molar-refractivity contribution in [3.8, 4) is 0 Å². The van der Waals surface area contributed by atoms with Gasteiger partial charge < -0.3 is 19.1 Å². The molecule has 11 heteroatoms. The Morgan fingerprint density at radius 2 is 1.10 bits per heavy atom. The smallest absolute Gasteiger partial charge is 0.209 e. The van der Waals surface area contributed by atoms with Gasteiger partial charge in [0.2, 0.25) is 5.79 Å². The summed E-state index contributed by atoms with van der Waals surface area (Å²) in [5.74, 6) is -0.846. The number of nitrogens with zero attached hydrogens (tertiary/aromatic N) is 6. The maximum absolute atomic E-state index is 11.4. The van der Waals surface area contributed by atoms with Crippen molar-refractivity contribution in [3.05, 3.63) is 132 Å². The first-order valence-corrected chi connectivity index (χ1v) is 16.8. The molecule has 4 aromatic heterocycles. The fourth-order valence-corrected chi connectivity index (χ4v) is 4.84. The summed E-state index contributed by atoms with van der Waals surface area (Å²) < 4.78 is 11.3. The molecule has 1 aliphatic rings. The lowest BCUT2D eigenvalue weighted by Gasteiger charge is -2.22. The average molecular weight is 691 g/mol. The third kappa shape index (κ3) is 11.6. The van der Waals surface area contributed by atoms with Gasteiger partial charge in [-0.25, -0.2) is 9.97 Å². The van der Waals surface area contributed by atoms with E-state index in [2.05, 4.69) is 43.4 Å². The van der Waals surface area contributed by atoms with Crippen LogP contribution >= 0.6 is 0 Å². The third-order valence-electron chi connectivity index (χ3n) is 7.80. The molecule has 1 aliphatic heterocycles. The lowest BCUT2D eigenvalue weighted by atomic mass is 10.1. The van der Waals surface area contributed by atoms with E-state index in [1.807, 2.05) is 95.3 Å². The predicted molar refractivity (Wildman–Crippen MR) is 199 cm³/mol. The Kier molecular flexibility index (Phi) is 14.0. The normalized spacial score (nSPS) is 13.9. The Bertz CT molecular complexity index is 1900. The van der Waals surface area contributed by atoms with E-state index in [0.29, 0.717) is 50.7 Å². The number of hydrogen-bond acceptors (Lipinski definition) is 11. The van der Waals surface area contributed by atoms with Crippen molar-refractivity contribution in [2.24, 2.45) is 10.3 Å². The number of Topliss-reactive ketones (excluding diaryl/α,β-unsaturated/α-hetero) is 1. The Hall–Kier alpha value is -5.39. The first-order valence-electron chi connectivity index (χ1n) is 16.8. The van der Waals surface area contributed by atoms with Crippen molar-refractivity contribution in [1.29, 1.82) is 0 Å². The van der Waals surface area contributed by atoms with Crippen molar-refractivity contribution < 1.29 is 23.9 Å². The molecule has 1 fully saturated rings. The van der Waals surface area contributed by atoms with Crippen molar-refractivity contribution in [3.63, 3.8) is 0 Å². The maximum Gasteiger partial charge on any atom is 0.209 e. The van der Waals surface area contributed by atoms with Crippen LogP contribution in [0.15, 0.2) is 96.3 Å². The molecule has 0 atom stereocenters. The number of carbonyl (C=O) groups is 1. The first-order chi connectivity index (χ1) is 24.4. The molecule has 0 N–H and O–H groups in total. The first kappa shape index (κ1) is 38.4. The molecule has 0 spiro atoms. The summed E-state index contributed by atoms with van der Waals surface area (Å²) in [7, 11) is 0. The molecule has 0 aliphatic carbocycles. The van der Waals surface area contributed by atoms with Gasteiger partial charge in [0.05, 0.1) is 41.7 Å². The van der Waals surface area contributed by atoms with Crippen LogP contribution in [-0.4, -0.2) is 63.6 Å². The molecule has 0 aromatic carbocycles. The Balaban J connectivity index is 0.000000230. The lowest BCUT2D eigenvalue weighted by Crippen LogP contribution is -2.24. The zero-order valence-corrected chi connectivity index (χ0v) is 30.3. The van der Waals surface area contributed by atoms with Crippen LogP contribution in [-0.2, 0) is 24.9 Å². The van der Waals surface area contributed by atoms with E-state index in [-0.39, 0.29) is 5.78 Å². The van der Waals surface area contributed by atoms with Gasteiger partial charge in [0.15, 0.2) is 5.78 Å². The summed E-state index contributed by atoms with van der Waals surface area (Å²) in [4.78, 5) is 39.9. The molecule has 11 nitrogen and oxygen atoms in total. The Morgan fingerprint density at radius 1 is 0.667 bits per heavy atom. The highest BCUT2D eigenvalue weighted by atomic mass is 16.7. The van der Waals surface area contributed by atoms with Gasteiger partial charge in [-0.1, -0.05) is 47.7 Å². The van der Waals surface area contributed by atoms with E-state index >= 15 is 0 Å². The minimum atomic E-state index is -0.783. The van der Waals surface area contributed by atoms with Crippen LogP contribution in [0.5, 0.6) is 0 Å². The van der Waals surface area contributed by atoms with Crippen molar-refractivity contribution in [2.75, 3.05) is 26.4 Å². The molecule has 1 saturated heterocycles. The second kappa shape index (κ2) is 18.6. The molecular weight excluding hydrogens is 644 g/mol. The van der Waals surface area contributed by atoms with E-state index in [0.717, 1.165) is 56.7 Å². The van der Waals surface area contributed by atoms with Crippen LogP contribution in [0.3, 0.4) is 0 Å². The quantitative estimate of drug-likeness (QED) is 0.0566. The molecule has 51 heavy (non-hydrogen) atoms. The molecule has 5 rings (SSSR count). The van der Waals surface area contributed by atoms with Gasteiger partial charge in [0.25, 0.3) is 0 Å². The zero-order valence-electron chi connectivity index (χ0n) is 30.3. The number of oxime groups is 2. The predicted octanol–water partition coefficient (Wildman–Crippen LogP) is 7.68. The van der Waals surface area contributed by atoms with Crippen LogP contribution in [0.4, 0.5) is 0 Å². The molecule has 0 unspecified atom stereocenters. The number of carbonyl (C=O) groups excluding carboxylic acids is 1. The average Bonchev–Trinajstić information content (AvgIpc) is 3.59. The standard InChI is InChI=1S/C21H25N3O3.C19H21N3O2/c1-15(11-12-27-24-17(3)19-9-5-7-16(2)22-19)18-8-6-10-20(23-18)21(4)25-13-14-26-21;1-13(17-8-6-10-19(21-17)16(4)23)11-12-24-22-15(3)18-9-5-7-14(2)20-18/h5-10H,1,11-14H2,2-4H3;5-10H,1,11-12H2,2-4H3/b24-17+;22-15+. The van der Waals surface area contributed by atoms with Gasteiger partial charge >= 0.3 is 0 Å². The summed E-state index contributed by atoms with van der Waals surface area (Å²) in [6.45, 7) is 21.1. The van der Waals surface area contributed by atoms with Crippen molar-refractivity contribution >= 4 is 28.4 Å². The fourth-order valence-electron chi connectivity index (χ4n) is 4.84. The van der Waals surface area contributed by atoms with Gasteiger partial charge in [-0.2, -0.15) is 0 Å². The summed E-state index contributed by atoms with van der Waals surface area (Å²) in [5.41, 5.74) is 9.33. The molecule has 0 amide bonds. The van der Waals surface area contributed by atoms with Crippen molar-refractivity contribution in [2.45, 2.75) is 60.2 Å². The monoisotopic (exact) mass is 690 g/mol. The van der Waals surface area contributed by atoms with Crippen LogP contribution in [0.1, 0.15) is 90.9 Å². The molecule has 4 aromatic rings. The topological polar surface area (TPSA) is 130 Å². The highest BCUT2D eigenvalue weighted by Crippen LogP contribution is 2.30. The van der Waals surface area contributed by atoms with Crippen LogP contribution < -0.4 is 0 Å². The van der Waals surface area contributed by atoms with E-state index in [4.69, 9.17) is 19.1 Å². The summed E-state index contributed by atoms with van der Waals surface area (Å²) >= 11 is 0. The van der Waals surface area contributed by atoms with Crippen LogP contribution in [0.25, 0.3) is 11.1 Å². The molecule has 5 heterocycles. The molecule has 0 radical (unpaired) electrons. The third-order valence-corrected chi connectivity index (χ3v) is 7.80. The SMILES string of the molecule is C=C(CCO/N=C(\C)c1cccc(C)n1)c1cccc(C(C)=O)n1.C=C(CCO/N=C(\C)c1cccc(C)n1)c1cccc(C2(C)OCCO2)n1. The highest BCUT2D eigenvalue weighted by molar-refractivity contribution is 5.97. The molecule has 0 bridgehead atoms. The number of ketones is 1. The number of aryl methyl sites for hydroxylation is 2. The van der Waals surface area contributed by atoms with Gasteiger partial charge in [-0.05, 0) is 94.3 Å². The fraction of sp³-hybridized carbons (Fsp3) is 0.325. The zero-order chi connectivity index (χ0) is 36.8. The van der Waals surface area contributed by atoms with Gasteiger partial charge in [-0.3, -0.25) is 14.8 Å². The van der Waals surface area contributed by atoms with Gasteiger partial charge in [0.1, 0.15) is 30.3 Å². The van der Waals surface area contributed by atoms with E-state index in [1.54, 1.807) is 12.1 Å². The number of aromatic nitrogens is 4. The summed E-state index contributed by atoms with van der Waals surface area (Å²) in [6, 6.07) is 22.7. The van der Waals surface area contributed by atoms with E-state index in [1.165, 1.54) is 6.92 Å². The number of rotatable bonds is 14. The van der Waals surface area contributed by atoms with Gasteiger partial charge in [-0.15, -0.1) is 0 Å². The number of pyridine rings is 4. The summed E-state index contributed by atoms with van der Waals surface area (Å²) in [6.07, 6.45) is 1.19. The van der Waals surface area contributed by atoms with Crippen LogP contribution in [0.2, 0.25) is 0 Å². The minimum Gasteiger partial charge on any atom is -0.395 e. The number of ether oxygens (including phenoxy) is 2. The Labute approximate surface area is 300 Å². The van der Waals surface area contributed by atoms with Crippen LogP contribution in [0, 0.1) is 13.8 Å². The summed E-state index contributed by atoms with van der Waals surface area (Å²) in [5, 5.41) is 8.23. The maximum atomic E-state index is 11.4. The van der Waals surface area contributed by atoms with Gasteiger partial charge in [0, 0.05) is 31.2 Å². The lowest BCUT2D eigenvalue weighted by molar-refractivity contribution is -0.152.